The molecule has 3 rings (SSSR count). The van der Waals surface area contributed by atoms with Gasteiger partial charge in [0.2, 0.25) is 0 Å². The monoisotopic (exact) mass is 552 g/mol. The van der Waals surface area contributed by atoms with Crippen molar-refractivity contribution in [2.24, 2.45) is 5.41 Å². The van der Waals surface area contributed by atoms with Crippen LogP contribution in [-0.4, -0.2) is 57.7 Å². The van der Waals surface area contributed by atoms with Gasteiger partial charge in [0.15, 0.2) is 0 Å². The van der Waals surface area contributed by atoms with Crippen molar-refractivity contribution in [1.29, 1.82) is 0 Å². The van der Waals surface area contributed by atoms with Gasteiger partial charge in [0.05, 0.1) is 6.61 Å². The Balaban J connectivity index is 1.69. The van der Waals surface area contributed by atoms with E-state index >= 15 is 0 Å². The molecule has 1 aliphatic rings. The van der Waals surface area contributed by atoms with E-state index < -0.39 is 23.6 Å². The zero-order chi connectivity index (χ0) is 29.0. The molecule has 216 valence electrons. The fourth-order valence-corrected chi connectivity index (χ4v) is 4.96. The summed E-state index contributed by atoms with van der Waals surface area (Å²) in [5.41, 5.74) is 1.47. The maximum Gasteiger partial charge on any atom is 0.447 e. The largest absolute Gasteiger partial charge is 0.494 e. The van der Waals surface area contributed by atoms with Crippen molar-refractivity contribution in [3.05, 3.63) is 53.6 Å². The van der Waals surface area contributed by atoms with Crippen molar-refractivity contribution in [3.63, 3.8) is 0 Å². The van der Waals surface area contributed by atoms with Gasteiger partial charge in [0, 0.05) is 36.3 Å². The Morgan fingerprint density at radius 3 is 2.10 bits per heavy atom. The molecule has 2 aromatic carbocycles. The lowest BCUT2D eigenvalue weighted by molar-refractivity contribution is -0.358. The molecule has 1 fully saturated rings. The third-order valence-corrected chi connectivity index (χ3v) is 6.99. The Bertz CT molecular complexity index is 1110. The average Bonchev–Trinajstić information content (AvgIpc) is 2.86. The lowest BCUT2D eigenvalue weighted by atomic mass is 9.88. The minimum absolute atomic E-state index is 0.000941. The van der Waals surface area contributed by atoms with Crippen LogP contribution >= 0.6 is 0 Å². The van der Waals surface area contributed by atoms with E-state index in [1.54, 1.807) is 11.0 Å². The molecule has 0 aromatic heterocycles. The molecule has 0 saturated heterocycles. The fraction of sp³-hybridized carbons (Fsp3) is 0.552. The van der Waals surface area contributed by atoms with Crippen LogP contribution in [0.25, 0.3) is 11.1 Å². The number of ether oxygens (including phenoxy) is 1. The van der Waals surface area contributed by atoms with Crippen LogP contribution < -0.4 is 10.1 Å². The van der Waals surface area contributed by atoms with E-state index in [1.807, 2.05) is 39.8 Å². The number of aliphatic hydroxyl groups is 2. The van der Waals surface area contributed by atoms with Crippen LogP contribution in [0.1, 0.15) is 64.5 Å². The van der Waals surface area contributed by atoms with Gasteiger partial charge in [-0.2, -0.15) is 13.2 Å². The molecular weight excluding hydrogens is 513 g/mol. The Morgan fingerprint density at radius 2 is 1.59 bits per heavy atom. The van der Waals surface area contributed by atoms with Crippen molar-refractivity contribution in [2.75, 3.05) is 13.2 Å². The molecule has 0 aliphatic heterocycles. The van der Waals surface area contributed by atoms with E-state index in [4.69, 9.17) is 4.74 Å². The first-order chi connectivity index (χ1) is 18.1. The number of alkyl halides is 3. The normalized spacial score (nSPS) is 18.6. The van der Waals surface area contributed by atoms with Crippen LogP contribution in [0.3, 0.4) is 0 Å². The topological polar surface area (TPSA) is 102 Å². The molecule has 0 bridgehead atoms. The summed E-state index contributed by atoms with van der Waals surface area (Å²) in [6, 6.07) is 10.7. The van der Waals surface area contributed by atoms with Crippen LogP contribution in [0.5, 0.6) is 5.75 Å². The zero-order valence-electron chi connectivity index (χ0n) is 22.9. The van der Waals surface area contributed by atoms with E-state index in [-0.39, 0.29) is 17.5 Å². The number of carboxylic acid groups (broad SMARTS) is 1. The van der Waals surface area contributed by atoms with E-state index in [9.17, 15) is 33.3 Å². The van der Waals surface area contributed by atoms with Gasteiger partial charge in [0.25, 0.3) is 5.79 Å². The molecule has 1 saturated carbocycles. The van der Waals surface area contributed by atoms with Crippen molar-refractivity contribution in [2.45, 2.75) is 84.0 Å². The third-order valence-electron chi connectivity index (χ3n) is 6.99. The number of carbonyl (C=O) groups is 1. The van der Waals surface area contributed by atoms with Gasteiger partial charge in [0.1, 0.15) is 5.75 Å². The molecule has 0 radical (unpaired) electrons. The fourth-order valence-electron chi connectivity index (χ4n) is 4.96. The lowest BCUT2D eigenvalue weighted by Gasteiger charge is -2.38. The van der Waals surface area contributed by atoms with Crippen molar-refractivity contribution in [3.8, 4) is 16.9 Å². The minimum Gasteiger partial charge on any atom is -0.494 e. The summed E-state index contributed by atoms with van der Waals surface area (Å²) in [4.78, 5) is 13.4. The molecule has 1 amide bonds. The summed E-state index contributed by atoms with van der Waals surface area (Å²) in [5.74, 6) is -3.23. The first kappa shape index (κ1) is 30.7. The highest BCUT2D eigenvalue weighted by Crippen LogP contribution is 2.37. The second-order valence-electron chi connectivity index (χ2n) is 11.4. The molecular formula is C29H39F3N2O5. The molecule has 0 unspecified atom stereocenters. The SMILES string of the molecule is CCOc1ccc(-c2ccc(C(O)(O)C(F)(F)F)cc2)cc1CNC1CCC(N(CC(C)(C)C)C(=O)O)CC1. The Morgan fingerprint density at radius 1 is 1.00 bits per heavy atom. The highest BCUT2D eigenvalue weighted by molar-refractivity contribution is 5.66. The molecule has 4 N–H and O–H groups in total. The van der Waals surface area contributed by atoms with Crippen molar-refractivity contribution < 1.29 is 38.0 Å². The number of halogens is 3. The predicted octanol–water partition coefficient (Wildman–Crippen LogP) is 5.88. The number of nitrogens with zero attached hydrogens (tertiary/aromatic N) is 1. The molecule has 39 heavy (non-hydrogen) atoms. The maximum atomic E-state index is 13.0. The summed E-state index contributed by atoms with van der Waals surface area (Å²) < 4.78 is 44.7. The van der Waals surface area contributed by atoms with E-state index in [0.29, 0.717) is 31.0 Å². The number of rotatable bonds is 9. The molecule has 1 aliphatic carbocycles. The van der Waals surface area contributed by atoms with Gasteiger partial charge in [-0.1, -0.05) is 51.1 Å². The van der Waals surface area contributed by atoms with Crippen LogP contribution in [0, 0.1) is 5.41 Å². The van der Waals surface area contributed by atoms with Gasteiger partial charge in [-0.15, -0.1) is 0 Å². The molecule has 0 atom stereocenters. The maximum absolute atomic E-state index is 13.0. The zero-order valence-corrected chi connectivity index (χ0v) is 22.9. The third kappa shape index (κ3) is 7.86. The Labute approximate surface area is 227 Å². The standard InChI is InChI=1S/C29H39F3N2O5/c1-5-39-25-15-8-20(19-6-9-22(10-7-19)28(37,38)29(30,31)32)16-21(25)17-33-23-11-13-24(14-12-23)34(26(35)36)18-27(2,3)4/h6-10,15-16,23-24,33,37-38H,5,11-14,17-18H2,1-4H3,(H,35,36). The van der Waals surface area contributed by atoms with Crippen molar-refractivity contribution in [1.82, 2.24) is 10.2 Å². The van der Waals surface area contributed by atoms with Crippen LogP contribution in [0.2, 0.25) is 0 Å². The lowest BCUT2D eigenvalue weighted by Crippen LogP contribution is -2.47. The van der Waals surface area contributed by atoms with Gasteiger partial charge in [-0.25, -0.2) is 4.79 Å². The summed E-state index contributed by atoms with van der Waals surface area (Å²) >= 11 is 0. The molecule has 0 spiro atoms. The predicted molar refractivity (Wildman–Crippen MR) is 142 cm³/mol. The van der Waals surface area contributed by atoms with E-state index in [0.717, 1.165) is 48.9 Å². The summed E-state index contributed by atoms with van der Waals surface area (Å²) in [5, 5.41) is 32.3. The van der Waals surface area contributed by atoms with Gasteiger partial charge in [-0.05, 0) is 61.3 Å². The first-order valence-electron chi connectivity index (χ1n) is 13.2. The number of amides is 1. The summed E-state index contributed by atoms with van der Waals surface area (Å²) in [6.45, 7) is 9.44. The Hall–Kier alpha value is -2.82. The summed E-state index contributed by atoms with van der Waals surface area (Å²) in [6.07, 6.45) is -2.86. The molecule has 10 heteroatoms. The molecule has 2 aromatic rings. The number of hydrogen-bond donors (Lipinski definition) is 4. The smallest absolute Gasteiger partial charge is 0.447 e. The van der Waals surface area contributed by atoms with Crippen LogP contribution in [0.15, 0.2) is 42.5 Å². The number of nitrogens with one attached hydrogen (secondary N) is 1. The van der Waals surface area contributed by atoms with E-state index in [2.05, 4.69) is 5.32 Å². The second kappa shape index (κ2) is 12.1. The minimum atomic E-state index is -5.22. The molecule has 0 heterocycles. The first-order valence-corrected chi connectivity index (χ1v) is 13.2. The van der Waals surface area contributed by atoms with Crippen LogP contribution in [-0.2, 0) is 12.3 Å². The second-order valence-corrected chi connectivity index (χ2v) is 11.4. The van der Waals surface area contributed by atoms with Crippen LogP contribution in [0.4, 0.5) is 18.0 Å². The number of benzene rings is 2. The quantitative estimate of drug-likeness (QED) is 0.290. The number of hydrogen-bond acceptors (Lipinski definition) is 5. The van der Waals surface area contributed by atoms with Gasteiger partial charge >= 0.3 is 12.3 Å². The highest BCUT2D eigenvalue weighted by atomic mass is 19.4. The summed E-state index contributed by atoms with van der Waals surface area (Å²) in [7, 11) is 0. The Kier molecular flexibility index (Phi) is 9.56. The van der Waals surface area contributed by atoms with Crippen molar-refractivity contribution >= 4 is 6.09 Å². The van der Waals surface area contributed by atoms with Gasteiger partial charge in [-0.3, -0.25) is 0 Å². The highest BCUT2D eigenvalue weighted by Gasteiger charge is 2.54. The average molecular weight is 553 g/mol. The molecule has 7 nitrogen and oxygen atoms in total. The van der Waals surface area contributed by atoms with E-state index in [1.165, 1.54) is 12.1 Å². The van der Waals surface area contributed by atoms with Gasteiger partial charge < -0.3 is 30.3 Å².